The molecule has 0 bridgehead atoms. The highest BCUT2D eigenvalue weighted by atomic mass is 35.5. The number of alkyl halides is 1. The summed E-state index contributed by atoms with van der Waals surface area (Å²) in [7, 11) is 0. The molecule has 0 radical (unpaired) electrons. The summed E-state index contributed by atoms with van der Waals surface area (Å²) in [5.74, 6) is 0.919. The topological polar surface area (TPSA) is 52.4 Å². The molecular formula is C13H9Cl2NO3. The normalized spacial score (nSPS) is 10.2. The first-order chi connectivity index (χ1) is 9.10. The van der Waals surface area contributed by atoms with E-state index >= 15 is 0 Å². The Morgan fingerprint density at radius 1 is 1.21 bits per heavy atom. The number of ether oxygens (including phenoxy) is 1. The molecule has 0 spiro atoms. The molecule has 0 aliphatic carbocycles. The Labute approximate surface area is 119 Å². The molecule has 19 heavy (non-hydrogen) atoms. The lowest BCUT2D eigenvalue weighted by Gasteiger charge is -2.07. The van der Waals surface area contributed by atoms with Crippen LogP contribution in [-0.4, -0.2) is 4.92 Å². The molecule has 2 rings (SSSR count). The fraction of sp³-hybridized carbons (Fsp3) is 0.0769. The first-order valence-electron chi connectivity index (χ1n) is 5.37. The fourth-order valence-electron chi connectivity index (χ4n) is 1.54. The van der Waals surface area contributed by atoms with Crippen LogP contribution in [0, 0.1) is 10.1 Å². The van der Waals surface area contributed by atoms with Crippen LogP contribution in [0.1, 0.15) is 5.56 Å². The Balaban J connectivity index is 2.36. The zero-order valence-electron chi connectivity index (χ0n) is 9.68. The van der Waals surface area contributed by atoms with Gasteiger partial charge in [0.25, 0.3) is 0 Å². The van der Waals surface area contributed by atoms with Gasteiger partial charge in [-0.2, -0.15) is 0 Å². The SMILES string of the molecule is O=[N+]([O-])c1ccc(Cl)cc1Oc1cccc(CCl)c1. The van der Waals surface area contributed by atoms with Crippen molar-refractivity contribution in [2.24, 2.45) is 0 Å². The Morgan fingerprint density at radius 2 is 2.00 bits per heavy atom. The molecule has 0 saturated heterocycles. The van der Waals surface area contributed by atoms with E-state index in [1.807, 2.05) is 6.07 Å². The van der Waals surface area contributed by atoms with E-state index in [-0.39, 0.29) is 11.4 Å². The van der Waals surface area contributed by atoms with Gasteiger partial charge < -0.3 is 4.74 Å². The number of benzene rings is 2. The quantitative estimate of drug-likeness (QED) is 0.463. The maximum Gasteiger partial charge on any atom is 0.311 e. The largest absolute Gasteiger partial charge is 0.450 e. The summed E-state index contributed by atoms with van der Waals surface area (Å²) in [4.78, 5) is 10.4. The molecule has 6 heteroatoms. The Bertz CT molecular complexity index is 617. The number of nitro benzene ring substituents is 1. The first-order valence-corrected chi connectivity index (χ1v) is 6.28. The summed E-state index contributed by atoms with van der Waals surface area (Å²) in [6.45, 7) is 0. The third kappa shape index (κ3) is 3.36. The number of hydrogen-bond donors (Lipinski definition) is 0. The van der Waals surface area contributed by atoms with Gasteiger partial charge in [0.2, 0.25) is 5.75 Å². The summed E-state index contributed by atoms with van der Waals surface area (Å²) in [6.07, 6.45) is 0. The molecule has 0 aromatic heterocycles. The van der Waals surface area contributed by atoms with Crippen molar-refractivity contribution in [1.82, 2.24) is 0 Å². The number of nitro groups is 1. The van der Waals surface area contributed by atoms with Crippen LogP contribution in [0.5, 0.6) is 11.5 Å². The molecular weight excluding hydrogens is 289 g/mol. The highest BCUT2D eigenvalue weighted by molar-refractivity contribution is 6.30. The van der Waals surface area contributed by atoms with E-state index in [0.717, 1.165) is 5.56 Å². The minimum Gasteiger partial charge on any atom is -0.450 e. The first kappa shape index (κ1) is 13.6. The zero-order chi connectivity index (χ0) is 13.8. The van der Waals surface area contributed by atoms with Crippen LogP contribution < -0.4 is 4.74 Å². The third-order valence-electron chi connectivity index (χ3n) is 2.40. The van der Waals surface area contributed by atoms with E-state index in [1.54, 1.807) is 18.2 Å². The van der Waals surface area contributed by atoms with E-state index in [4.69, 9.17) is 27.9 Å². The van der Waals surface area contributed by atoms with Crippen LogP contribution >= 0.6 is 23.2 Å². The van der Waals surface area contributed by atoms with Gasteiger partial charge in [-0.1, -0.05) is 23.7 Å². The lowest BCUT2D eigenvalue weighted by molar-refractivity contribution is -0.385. The predicted molar refractivity (Wildman–Crippen MR) is 74.2 cm³/mol. The van der Waals surface area contributed by atoms with Crippen LogP contribution in [0.2, 0.25) is 5.02 Å². The van der Waals surface area contributed by atoms with E-state index in [0.29, 0.717) is 16.7 Å². The maximum absolute atomic E-state index is 10.9. The number of hydrogen-bond acceptors (Lipinski definition) is 3. The molecule has 0 saturated carbocycles. The molecule has 0 atom stereocenters. The summed E-state index contributed by atoms with van der Waals surface area (Å²) in [5, 5.41) is 11.3. The summed E-state index contributed by atoms with van der Waals surface area (Å²) in [5.41, 5.74) is 0.726. The lowest BCUT2D eigenvalue weighted by atomic mass is 10.2. The van der Waals surface area contributed by atoms with E-state index in [2.05, 4.69) is 0 Å². The zero-order valence-corrected chi connectivity index (χ0v) is 11.2. The van der Waals surface area contributed by atoms with Gasteiger partial charge >= 0.3 is 5.69 Å². The molecule has 0 aliphatic rings. The second kappa shape index (κ2) is 5.91. The fourth-order valence-corrected chi connectivity index (χ4v) is 1.87. The van der Waals surface area contributed by atoms with Crippen molar-refractivity contribution in [3.05, 3.63) is 63.2 Å². The standard InChI is InChI=1S/C13H9Cl2NO3/c14-8-9-2-1-3-11(6-9)19-13-7-10(15)4-5-12(13)16(17)18/h1-7H,8H2. The molecule has 4 nitrogen and oxygen atoms in total. The molecule has 0 heterocycles. The molecule has 0 N–H and O–H groups in total. The molecule has 2 aromatic rings. The van der Waals surface area contributed by atoms with Crippen LogP contribution in [0.15, 0.2) is 42.5 Å². The Hall–Kier alpha value is -1.78. The summed E-state index contributed by atoms with van der Waals surface area (Å²) < 4.78 is 5.51. The van der Waals surface area contributed by atoms with E-state index in [9.17, 15) is 10.1 Å². The van der Waals surface area contributed by atoms with Crippen molar-refractivity contribution in [1.29, 1.82) is 0 Å². The minimum absolute atomic E-state index is 0.101. The van der Waals surface area contributed by atoms with Gasteiger partial charge in [-0.3, -0.25) is 10.1 Å². The highest BCUT2D eigenvalue weighted by Gasteiger charge is 2.16. The predicted octanol–water partition coefficient (Wildman–Crippen LogP) is 4.78. The third-order valence-corrected chi connectivity index (χ3v) is 2.94. The van der Waals surface area contributed by atoms with Gasteiger partial charge in [0.15, 0.2) is 0 Å². The summed E-state index contributed by atoms with van der Waals surface area (Å²) in [6, 6.07) is 11.2. The van der Waals surface area contributed by atoms with Crippen LogP contribution in [0.3, 0.4) is 0 Å². The van der Waals surface area contributed by atoms with Gasteiger partial charge in [0, 0.05) is 23.0 Å². The van der Waals surface area contributed by atoms with Crippen molar-refractivity contribution in [3.63, 3.8) is 0 Å². The average molecular weight is 298 g/mol. The Kier molecular flexibility index (Phi) is 4.24. The van der Waals surface area contributed by atoms with E-state index in [1.165, 1.54) is 18.2 Å². The van der Waals surface area contributed by atoms with Crippen molar-refractivity contribution < 1.29 is 9.66 Å². The Morgan fingerprint density at radius 3 is 2.68 bits per heavy atom. The van der Waals surface area contributed by atoms with Crippen LogP contribution in [-0.2, 0) is 5.88 Å². The van der Waals surface area contributed by atoms with Crippen molar-refractivity contribution in [3.8, 4) is 11.5 Å². The van der Waals surface area contributed by atoms with Crippen molar-refractivity contribution in [2.75, 3.05) is 0 Å². The number of halogens is 2. The number of rotatable bonds is 4. The molecule has 0 amide bonds. The van der Waals surface area contributed by atoms with Crippen molar-refractivity contribution in [2.45, 2.75) is 5.88 Å². The molecule has 0 aliphatic heterocycles. The van der Waals surface area contributed by atoms with Gasteiger partial charge in [-0.05, 0) is 23.8 Å². The number of nitrogens with zero attached hydrogens (tertiary/aromatic N) is 1. The second-order valence-corrected chi connectivity index (χ2v) is 4.46. The van der Waals surface area contributed by atoms with Crippen LogP contribution in [0.4, 0.5) is 5.69 Å². The van der Waals surface area contributed by atoms with Gasteiger partial charge in [-0.25, -0.2) is 0 Å². The van der Waals surface area contributed by atoms with E-state index < -0.39 is 4.92 Å². The maximum atomic E-state index is 10.9. The van der Waals surface area contributed by atoms with Gasteiger partial charge in [-0.15, -0.1) is 11.6 Å². The lowest BCUT2D eigenvalue weighted by Crippen LogP contribution is -1.93. The smallest absolute Gasteiger partial charge is 0.311 e. The molecule has 0 unspecified atom stereocenters. The van der Waals surface area contributed by atoms with Gasteiger partial charge in [0.1, 0.15) is 5.75 Å². The minimum atomic E-state index is -0.517. The van der Waals surface area contributed by atoms with Gasteiger partial charge in [0.05, 0.1) is 4.92 Å². The highest BCUT2D eigenvalue weighted by Crippen LogP contribution is 2.33. The summed E-state index contributed by atoms with van der Waals surface area (Å²) >= 11 is 11.5. The van der Waals surface area contributed by atoms with Crippen molar-refractivity contribution >= 4 is 28.9 Å². The second-order valence-electron chi connectivity index (χ2n) is 3.75. The van der Waals surface area contributed by atoms with Crippen LogP contribution in [0.25, 0.3) is 0 Å². The molecule has 0 fully saturated rings. The molecule has 98 valence electrons. The molecule has 2 aromatic carbocycles. The monoisotopic (exact) mass is 297 g/mol. The average Bonchev–Trinajstić information content (AvgIpc) is 2.38.